The molecule has 12 heteroatoms. The summed E-state index contributed by atoms with van der Waals surface area (Å²) in [6, 6.07) is -1.92. The molecule has 118 valence electrons. The molecule has 0 aromatic heterocycles. The maximum Gasteiger partial charge on any atom is 0.421 e. The van der Waals surface area contributed by atoms with Crippen molar-refractivity contribution in [2.45, 2.75) is 13.2 Å². The molecule has 0 saturated carbocycles. The first kappa shape index (κ1) is 15.2. The molecule has 0 atom stereocenters. The fourth-order valence-electron chi connectivity index (χ4n) is 1.61. The molecular formula is C10H10N4O8. The Morgan fingerprint density at radius 1 is 0.909 bits per heavy atom. The minimum atomic E-state index is -1.45. The van der Waals surface area contributed by atoms with Gasteiger partial charge in [-0.25, -0.2) is 29.0 Å². The van der Waals surface area contributed by atoms with E-state index in [4.69, 9.17) is 0 Å². The Labute approximate surface area is 122 Å². The molecule has 2 N–H and O–H groups in total. The molecule has 0 bridgehead atoms. The number of carbonyl (C=O) groups is 6. The largest absolute Gasteiger partial charge is 0.421 e. The Balaban J connectivity index is 1.86. The van der Waals surface area contributed by atoms with Crippen molar-refractivity contribution in [3.63, 3.8) is 0 Å². The van der Waals surface area contributed by atoms with Crippen LogP contribution in [0.15, 0.2) is 0 Å². The zero-order valence-electron chi connectivity index (χ0n) is 11.2. The fraction of sp³-hybridized carbons (Fsp3) is 0.400. The van der Waals surface area contributed by atoms with Crippen molar-refractivity contribution in [1.29, 1.82) is 0 Å². The number of ether oxygens (including phenoxy) is 2. The molecule has 0 aromatic carbocycles. The number of carbonyl (C=O) groups excluding carboxylic acids is 6. The topological polar surface area (TPSA) is 151 Å². The Kier molecular flexibility index (Phi) is 3.92. The van der Waals surface area contributed by atoms with Crippen LogP contribution >= 0.6 is 0 Å². The zero-order valence-corrected chi connectivity index (χ0v) is 11.2. The Hall–Kier alpha value is -3.18. The van der Waals surface area contributed by atoms with Gasteiger partial charge in [-0.15, -0.1) is 0 Å². The van der Waals surface area contributed by atoms with E-state index >= 15 is 0 Å². The lowest BCUT2D eigenvalue weighted by Crippen LogP contribution is -2.40. The van der Waals surface area contributed by atoms with Crippen LogP contribution in [0, 0.1) is 0 Å². The standard InChI is InChI=1S/C10H10N4O8/c1-4(21-9(19)13-2-5(15)11-7(13)17)22-10(20)14-3-6(16)12-8(14)18/h4H,2-3H2,1H3,(H,11,15,17)(H,12,16,18). The van der Waals surface area contributed by atoms with Crippen LogP contribution in [0.5, 0.6) is 0 Å². The minimum Gasteiger partial charge on any atom is -0.409 e. The average Bonchev–Trinajstić information content (AvgIpc) is 2.91. The number of amides is 8. The summed E-state index contributed by atoms with van der Waals surface area (Å²) in [7, 11) is 0. The van der Waals surface area contributed by atoms with Crippen LogP contribution in [0.3, 0.4) is 0 Å². The van der Waals surface area contributed by atoms with Crippen molar-refractivity contribution in [3.8, 4) is 0 Å². The van der Waals surface area contributed by atoms with E-state index < -0.39 is 55.4 Å². The highest BCUT2D eigenvalue weighted by molar-refractivity contribution is 6.09. The van der Waals surface area contributed by atoms with Gasteiger partial charge < -0.3 is 9.47 Å². The second-order valence-corrected chi connectivity index (χ2v) is 4.21. The number of nitrogens with one attached hydrogen (secondary N) is 2. The molecule has 0 aromatic rings. The molecule has 22 heavy (non-hydrogen) atoms. The summed E-state index contributed by atoms with van der Waals surface area (Å²) in [5.41, 5.74) is 0. The summed E-state index contributed by atoms with van der Waals surface area (Å²) in [6.07, 6.45) is -3.86. The van der Waals surface area contributed by atoms with Crippen molar-refractivity contribution < 1.29 is 38.2 Å². The maximum atomic E-state index is 11.6. The highest BCUT2D eigenvalue weighted by Gasteiger charge is 2.36. The molecule has 8 amide bonds. The molecule has 2 rings (SSSR count). The molecule has 0 aliphatic carbocycles. The van der Waals surface area contributed by atoms with E-state index in [-0.39, 0.29) is 0 Å². The van der Waals surface area contributed by atoms with Crippen molar-refractivity contribution in [1.82, 2.24) is 20.4 Å². The van der Waals surface area contributed by atoms with Crippen LogP contribution in [0.4, 0.5) is 19.2 Å². The highest BCUT2D eigenvalue weighted by atomic mass is 16.7. The van der Waals surface area contributed by atoms with Gasteiger partial charge in [0.05, 0.1) is 0 Å². The quantitative estimate of drug-likeness (QED) is 0.472. The third kappa shape index (κ3) is 3.11. The van der Waals surface area contributed by atoms with E-state index in [9.17, 15) is 28.8 Å². The first-order chi connectivity index (χ1) is 10.3. The van der Waals surface area contributed by atoms with Gasteiger partial charge in [-0.05, 0) is 0 Å². The highest BCUT2D eigenvalue weighted by Crippen LogP contribution is 2.08. The van der Waals surface area contributed by atoms with Crippen LogP contribution in [0.1, 0.15) is 6.92 Å². The van der Waals surface area contributed by atoms with Gasteiger partial charge in [-0.2, -0.15) is 0 Å². The zero-order chi connectivity index (χ0) is 16.4. The van der Waals surface area contributed by atoms with Crippen LogP contribution in [0.2, 0.25) is 0 Å². The smallest absolute Gasteiger partial charge is 0.409 e. The SMILES string of the molecule is CC(OC(=O)N1CC(=O)NC1=O)OC(=O)N1CC(=O)NC1=O. The number of imide groups is 4. The molecule has 0 spiro atoms. The van der Waals surface area contributed by atoms with Crippen LogP contribution in [-0.2, 0) is 19.1 Å². The normalized spacial score (nSPS) is 17.7. The van der Waals surface area contributed by atoms with E-state index in [2.05, 4.69) is 9.47 Å². The third-order valence-corrected chi connectivity index (χ3v) is 2.56. The van der Waals surface area contributed by atoms with Crippen LogP contribution in [0.25, 0.3) is 0 Å². The summed E-state index contributed by atoms with van der Waals surface area (Å²) in [5, 5.41) is 3.72. The van der Waals surface area contributed by atoms with Gasteiger partial charge in [-0.3, -0.25) is 20.2 Å². The van der Waals surface area contributed by atoms with Crippen molar-refractivity contribution in [2.75, 3.05) is 13.1 Å². The second kappa shape index (κ2) is 5.67. The van der Waals surface area contributed by atoms with E-state index in [0.29, 0.717) is 9.80 Å². The maximum absolute atomic E-state index is 11.6. The number of urea groups is 2. The number of rotatable bonds is 2. The van der Waals surface area contributed by atoms with Gasteiger partial charge in [0.15, 0.2) is 0 Å². The predicted octanol–water partition coefficient (Wildman–Crippen LogP) is -1.29. The van der Waals surface area contributed by atoms with Gasteiger partial charge in [0.2, 0.25) is 18.1 Å². The third-order valence-electron chi connectivity index (χ3n) is 2.56. The Morgan fingerprint density at radius 3 is 1.55 bits per heavy atom. The van der Waals surface area contributed by atoms with Crippen LogP contribution in [-0.4, -0.2) is 65.2 Å². The van der Waals surface area contributed by atoms with Crippen molar-refractivity contribution >= 4 is 36.1 Å². The van der Waals surface area contributed by atoms with Gasteiger partial charge in [0, 0.05) is 6.92 Å². The second-order valence-electron chi connectivity index (χ2n) is 4.21. The van der Waals surface area contributed by atoms with Crippen molar-refractivity contribution in [2.24, 2.45) is 0 Å². The summed E-state index contributed by atoms with van der Waals surface area (Å²) in [4.78, 5) is 68.4. The van der Waals surface area contributed by atoms with Gasteiger partial charge in [0.25, 0.3) is 0 Å². The minimum absolute atomic E-state index is 0.471. The Morgan fingerprint density at radius 2 is 1.27 bits per heavy atom. The molecule has 2 heterocycles. The van der Waals surface area contributed by atoms with Gasteiger partial charge >= 0.3 is 24.2 Å². The van der Waals surface area contributed by atoms with E-state index in [0.717, 1.165) is 6.92 Å². The molecule has 12 nitrogen and oxygen atoms in total. The number of nitrogens with zero attached hydrogens (tertiary/aromatic N) is 2. The monoisotopic (exact) mass is 314 g/mol. The molecule has 2 aliphatic rings. The summed E-state index contributed by atoms with van der Waals surface area (Å²) < 4.78 is 9.27. The van der Waals surface area contributed by atoms with Crippen molar-refractivity contribution in [3.05, 3.63) is 0 Å². The number of hydrogen-bond acceptors (Lipinski definition) is 8. The fourth-order valence-corrected chi connectivity index (χ4v) is 1.61. The molecular weight excluding hydrogens is 304 g/mol. The summed E-state index contributed by atoms with van der Waals surface area (Å²) in [5.74, 6) is -1.36. The first-order valence-corrected chi connectivity index (χ1v) is 5.92. The molecule has 0 unspecified atom stereocenters. The van der Waals surface area contributed by atoms with Gasteiger partial charge in [-0.1, -0.05) is 0 Å². The average molecular weight is 314 g/mol. The van der Waals surface area contributed by atoms with Crippen LogP contribution < -0.4 is 10.6 Å². The summed E-state index contributed by atoms with van der Waals surface area (Å²) >= 11 is 0. The van der Waals surface area contributed by atoms with E-state index in [1.807, 2.05) is 10.6 Å². The molecule has 2 fully saturated rings. The number of hydrogen-bond donors (Lipinski definition) is 2. The van der Waals surface area contributed by atoms with Gasteiger partial charge in [0.1, 0.15) is 13.1 Å². The Bertz CT molecular complexity index is 537. The van der Waals surface area contributed by atoms with E-state index in [1.165, 1.54) is 0 Å². The lowest BCUT2D eigenvalue weighted by molar-refractivity contribution is -0.119. The molecule has 2 saturated heterocycles. The van der Waals surface area contributed by atoms with E-state index in [1.54, 1.807) is 0 Å². The lowest BCUT2D eigenvalue weighted by Gasteiger charge is -2.19. The first-order valence-electron chi connectivity index (χ1n) is 5.92. The molecule has 0 radical (unpaired) electrons. The predicted molar refractivity (Wildman–Crippen MR) is 62.9 cm³/mol. The molecule has 2 aliphatic heterocycles. The summed E-state index contributed by atoms with van der Waals surface area (Å²) in [6.45, 7) is 0.129. The lowest BCUT2D eigenvalue weighted by atomic mass is 10.6.